The lowest BCUT2D eigenvalue weighted by molar-refractivity contribution is -0.155. The van der Waals surface area contributed by atoms with E-state index in [0.717, 1.165) is 10.0 Å². The van der Waals surface area contributed by atoms with Crippen molar-refractivity contribution >= 4 is 84.4 Å². The molecule has 1 aliphatic heterocycles. The topological polar surface area (TPSA) is 57.7 Å². The third-order valence-electron chi connectivity index (χ3n) is 5.78. The minimum absolute atomic E-state index is 0.0483. The van der Waals surface area contributed by atoms with Crippen LogP contribution < -0.4 is 0 Å². The average Bonchev–Trinajstić information content (AvgIpc) is 2.99. The first-order valence-electron chi connectivity index (χ1n) is 9.85. The number of nitrogens with zero attached hydrogens (tertiary/aromatic N) is 2. The smallest absolute Gasteiger partial charge is 0.272 e. The van der Waals surface area contributed by atoms with Crippen molar-refractivity contribution in [1.82, 2.24) is 10.0 Å². The first kappa shape index (κ1) is 24.0. The van der Waals surface area contributed by atoms with Gasteiger partial charge >= 0.3 is 0 Å². The van der Waals surface area contributed by atoms with E-state index < -0.39 is 17.7 Å². The molecule has 1 heterocycles. The van der Waals surface area contributed by atoms with E-state index in [1.54, 1.807) is 42.5 Å². The molecule has 2 aromatic carbocycles. The van der Waals surface area contributed by atoms with Crippen molar-refractivity contribution in [2.45, 2.75) is 29.0 Å². The van der Waals surface area contributed by atoms with Crippen LogP contribution in [0.15, 0.2) is 42.5 Å². The second-order valence-corrected chi connectivity index (χ2v) is 11.4. The molecule has 0 radical (unpaired) electrons. The van der Waals surface area contributed by atoms with Crippen LogP contribution in [0, 0.1) is 11.8 Å². The minimum Gasteiger partial charge on any atom is -0.272 e. The van der Waals surface area contributed by atoms with E-state index in [-0.39, 0.29) is 38.6 Å². The Morgan fingerprint density at radius 2 is 1.50 bits per heavy atom. The van der Waals surface area contributed by atoms with Crippen molar-refractivity contribution in [2.24, 2.45) is 11.8 Å². The number of fused-ring (bicyclic) bond motifs is 1. The molecule has 3 amide bonds. The largest absolute Gasteiger partial charge is 0.274 e. The highest BCUT2D eigenvalue weighted by atomic mass is 79.9. The van der Waals surface area contributed by atoms with Gasteiger partial charge in [-0.05, 0) is 42.7 Å². The molecule has 1 saturated heterocycles. The number of halogens is 5. The van der Waals surface area contributed by atoms with Gasteiger partial charge in [0, 0.05) is 9.65 Å². The summed E-state index contributed by atoms with van der Waals surface area (Å²) in [6.07, 6.45) is 1.01. The number of carbonyl (C=O) groups excluding carboxylic acids is 3. The highest BCUT2D eigenvalue weighted by Gasteiger charge is 2.54. The molecular weight excluding hydrogens is 606 g/mol. The molecule has 168 valence electrons. The Bertz CT molecular complexity index is 1070. The number of amides is 3. The van der Waals surface area contributed by atoms with Gasteiger partial charge in [-0.2, -0.15) is 5.01 Å². The van der Waals surface area contributed by atoms with Gasteiger partial charge in [-0.3, -0.25) is 14.4 Å². The SMILES string of the molecule is O=C(c1ccccc1Cl)N(Cc1ccc(Cl)c(Cl)c1)N1C(=O)[C@H]2C[C@@H](Br)[C@@H](Br)C[C@H]2C1=O. The Balaban J connectivity index is 1.74. The summed E-state index contributed by atoms with van der Waals surface area (Å²) in [5.41, 5.74) is 0.813. The van der Waals surface area contributed by atoms with Crippen molar-refractivity contribution in [3.8, 4) is 0 Å². The molecule has 10 heteroatoms. The Hall–Kier alpha value is -1.12. The van der Waals surface area contributed by atoms with E-state index in [2.05, 4.69) is 31.9 Å². The summed E-state index contributed by atoms with van der Waals surface area (Å²) in [4.78, 5) is 40.4. The monoisotopic (exact) mass is 620 g/mol. The van der Waals surface area contributed by atoms with Crippen LogP contribution in [0.3, 0.4) is 0 Å². The predicted molar refractivity (Wildman–Crippen MR) is 131 cm³/mol. The lowest BCUT2D eigenvalue weighted by atomic mass is 9.81. The number of imide groups is 1. The fourth-order valence-electron chi connectivity index (χ4n) is 4.13. The summed E-state index contributed by atoms with van der Waals surface area (Å²) in [6.45, 7) is -0.0483. The number of rotatable bonds is 4. The molecule has 2 aliphatic rings. The van der Waals surface area contributed by atoms with Crippen LogP contribution in [0.25, 0.3) is 0 Å². The van der Waals surface area contributed by atoms with Gasteiger partial charge in [0.25, 0.3) is 17.7 Å². The van der Waals surface area contributed by atoms with Gasteiger partial charge in [-0.15, -0.1) is 0 Å². The second kappa shape index (κ2) is 9.63. The van der Waals surface area contributed by atoms with Crippen molar-refractivity contribution < 1.29 is 14.4 Å². The number of hydrogen-bond donors (Lipinski definition) is 0. The summed E-state index contributed by atoms with van der Waals surface area (Å²) in [7, 11) is 0. The van der Waals surface area contributed by atoms with Crippen LogP contribution in [0.2, 0.25) is 15.1 Å². The zero-order valence-corrected chi connectivity index (χ0v) is 21.9. The van der Waals surface area contributed by atoms with E-state index in [9.17, 15) is 14.4 Å². The van der Waals surface area contributed by atoms with Crippen LogP contribution >= 0.6 is 66.7 Å². The van der Waals surface area contributed by atoms with Gasteiger partial charge in [0.05, 0.1) is 39.0 Å². The van der Waals surface area contributed by atoms with Crippen molar-refractivity contribution in [3.63, 3.8) is 0 Å². The molecule has 0 unspecified atom stereocenters. The maximum absolute atomic E-state index is 13.6. The minimum atomic E-state index is -0.548. The fourth-order valence-corrected chi connectivity index (χ4v) is 5.91. The summed E-state index contributed by atoms with van der Waals surface area (Å²) in [6, 6.07) is 11.4. The van der Waals surface area contributed by atoms with Gasteiger partial charge in [-0.25, -0.2) is 5.01 Å². The van der Waals surface area contributed by atoms with Gasteiger partial charge < -0.3 is 0 Å². The number of carbonyl (C=O) groups is 3. The number of benzene rings is 2. The first-order valence-corrected chi connectivity index (χ1v) is 12.8. The zero-order valence-electron chi connectivity index (χ0n) is 16.5. The first-order chi connectivity index (χ1) is 15.2. The number of hydrazine groups is 1. The van der Waals surface area contributed by atoms with E-state index in [1.807, 2.05) is 0 Å². The summed E-state index contributed by atoms with van der Waals surface area (Å²) < 4.78 is 0. The van der Waals surface area contributed by atoms with Crippen molar-refractivity contribution in [1.29, 1.82) is 0 Å². The molecule has 2 aromatic rings. The predicted octanol–water partition coefficient (Wildman–Crippen LogP) is 6.13. The molecule has 0 aromatic heterocycles. The molecule has 2 fully saturated rings. The van der Waals surface area contributed by atoms with Gasteiger partial charge in [0.15, 0.2) is 0 Å². The lowest BCUT2D eigenvalue weighted by Crippen LogP contribution is -2.49. The van der Waals surface area contributed by atoms with Gasteiger partial charge in [-0.1, -0.05) is 84.9 Å². The standard InChI is InChI=1S/C22H17Br2Cl3N2O3/c23-15-8-13-14(9-16(15)24)22(32)29(21(13)31)28(10-11-5-6-18(26)19(27)7-11)20(30)12-3-1-2-4-17(12)25/h1-7,13-16H,8-10H2/t13-,14+,15+,16-. The molecule has 4 rings (SSSR count). The van der Waals surface area contributed by atoms with E-state index in [4.69, 9.17) is 34.8 Å². The van der Waals surface area contributed by atoms with Crippen LogP contribution in [-0.2, 0) is 16.1 Å². The Morgan fingerprint density at radius 1 is 0.906 bits per heavy atom. The Kier molecular flexibility index (Phi) is 7.23. The summed E-state index contributed by atoms with van der Waals surface area (Å²) in [5.74, 6) is -2.30. The molecule has 0 N–H and O–H groups in total. The normalized spacial score (nSPS) is 25.1. The molecule has 1 aliphatic carbocycles. The molecule has 32 heavy (non-hydrogen) atoms. The highest BCUT2D eigenvalue weighted by Crippen LogP contribution is 2.44. The van der Waals surface area contributed by atoms with E-state index in [1.165, 1.54) is 0 Å². The van der Waals surface area contributed by atoms with Gasteiger partial charge in [0.2, 0.25) is 0 Å². The second-order valence-electron chi connectivity index (χ2n) is 7.80. The van der Waals surface area contributed by atoms with Crippen LogP contribution in [-0.4, -0.2) is 37.4 Å². The highest BCUT2D eigenvalue weighted by molar-refractivity contribution is 9.12. The van der Waals surface area contributed by atoms with Crippen molar-refractivity contribution in [3.05, 3.63) is 68.7 Å². The Labute approximate surface area is 217 Å². The summed E-state index contributed by atoms with van der Waals surface area (Å²) >= 11 is 25.6. The van der Waals surface area contributed by atoms with Crippen LogP contribution in [0.4, 0.5) is 0 Å². The molecule has 5 nitrogen and oxygen atoms in total. The van der Waals surface area contributed by atoms with Crippen LogP contribution in [0.5, 0.6) is 0 Å². The Morgan fingerprint density at radius 3 is 2.06 bits per heavy atom. The van der Waals surface area contributed by atoms with E-state index in [0.29, 0.717) is 28.5 Å². The third-order valence-corrected chi connectivity index (χ3v) is 9.59. The van der Waals surface area contributed by atoms with Gasteiger partial charge in [0.1, 0.15) is 0 Å². The van der Waals surface area contributed by atoms with Crippen LogP contribution in [0.1, 0.15) is 28.8 Å². The molecule has 4 atom stereocenters. The maximum Gasteiger partial charge on any atom is 0.274 e. The lowest BCUT2D eigenvalue weighted by Gasteiger charge is -2.31. The fraction of sp³-hybridized carbons (Fsp3) is 0.318. The molecular formula is C22H17Br2Cl3N2O3. The van der Waals surface area contributed by atoms with Crippen molar-refractivity contribution in [2.75, 3.05) is 0 Å². The number of alkyl halides is 2. The molecule has 1 saturated carbocycles. The summed E-state index contributed by atoms with van der Waals surface area (Å²) in [5, 5.41) is 3.07. The molecule has 0 spiro atoms. The van der Waals surface area contributed by atoms with E-state index >= 15 is 0 Å². The number of hydrogen-bond acceptors (Lipinski definition) is 3. The maximum atomic E-state index is 13.6. The molecule has 0 bridgehead atoms. The average molecular weight is 624 g/mol. The third kappa shape index (κ3) is 4.47. The quantitative estimate of drug-likeness (QED) is 0.305. The zero-order chi connectivity index (χ0) is 23.2.